The second-order valence-electron chi connectivity index (χ2n) is 5.33. The number of nitrogens with one attached hydrogen (secondary N) is 2. The Hall–Kier alpha value is -2.57. The molecule has 0 saturated heterocycles. The molecule has 0 aromatic heterocycles. The molecule has 2 N–H and O–H groups in total. The first kappa shape index (κ1) is 19.8. The fraction of sp³-hybridized carbons (Fsp3) is 0.167. The number of hydrogen-bond acceptors (Lipinski definition) is 4. The van der Waals surface area contributed by atoms with Crippen molar-refractivity contribution in [2.75, 3.05) is 0 Å². The van der Waals surface area contributed by atoms with Gasteiger partial charge in [-0.05, 0) is 30.7 Å². The highest BCUT2D eigenvalue weighted by Gasteiger charge is 2.21. The summed E-state index contributed by atoms with van der Waals surface area (Å²) in [6.07, 6.45) is -1.17. The van der Waals surface area contributed by atoms with E-state index in [4.69, 9.17) is 27.9 Å². The van der Waals surface area contributed by atoms with Gasteiger partial charge in [0, 0.05) is 6.54 Å². The number of halogens is 2. The molecular formula is C18H16Cl2N2O4. The van der Waals surface area contributed by atoms with Crippen LogP contribution < -0.4 is 10.6 Å². The molecule has 0 bridgehead atoms. The lowest BCUT2D eigenvalue weighted by atomic mass is 10.2. The summed E-state index contributed by atoms with van der Waals surface area (Å²) in [4.78, 5) is 35.7. The smallest absolute Gasteiger partial charge is 0.338 e. The van der Waals surface area contributed by atoms with Gasteiger partial charge >= 0.3 is 12.0 Å². The first-order valence-electron chi connectivity index (χ1n) is 7.65. The molecule has 1 unspecified atom stereocenters. The van der Waals surface area contributed by atoms with Crippen molar-refractivity contribution in [3.63, 3.8) is 0 Å². The van der Waals surface area contributed by atoms with Gasteiger partial charge in [-0.2, -0.15) is 0 Å². The monoisotopic (exact) mass is 394 g/mol. The van der Waals surface area contributed by atoms with E-state index >= 15 is 0 Å². The minimum absolute atomic E-state index is 0.146. The molecule has 2 rings (SSSR count). The van der Waals surface area contributed by atoms with Crippen molar-refractivity contribution in [3.8, 4) is 0 Å². The zero-order valence-electron chi connectivity index (χ0n) is 13.8. The molecule has 26 heavy (non-hydrogen) atoms. The normalized spacial score (nSPS) is 11.3. The van der Waals surface area contributed by atoms with Crippen LogP contribution in [0.3, 0.4) is 0 Å². The van der Waals surface area contributed by atoms with Gasteiger partial charge in [0.1, 0.15) is 0 Å². The number of carbonyl (C=O) groups is 3. The highest BCUT2D eigenvalue weighted by molar-refractivity contribution is 6.42. The topological polar surface area (TPSA) is 84.5 Å². The van der Waals surface area contributed by atoms with E-state index in [-0.39, 0.29) is 17.1 Å². The Labute approximate surface area is 160 Å². The maximum atomic E-state index is 12.0. The lowest BCUT2D eigenvalue weighted by molar-refractivity contribution is -0.127. The number of hydrogen-bond donors (Lipinski definition) is 2. The summed E-state index contributed by atoms with van der Waals surface area (Å²) < 4.78 is 5.02. The average Bonchev–Trinajstić information content (AvgIpc) is 2.63. The minimum atomic E-state index is -1.17. The first-order chi connectivity index (χ1) is 12.4. The minimum Gasteiger partial charge on any atom is -0.449 e. The van der Waals surface area contributed by atoms with Crippen LogP contribution in [0, 0.1) is 0 Å². The zero-order valence-corrected chi connectivity index (χ0v) is 15.3. The predicted octanol–water partition coefficient (Wildman–Crippen LogP) is 3.56. The molecule has 6 nitrogen and oxygen atoms in total. The Bertz CT molecular complexity index is 812. The third kappa shape index (κ3) is 5.75. The summed E-state index contributed by atoms with van der Waals surface area (Å²) in [5.41, 5.74) is 1.03. The second-order valence-corrected chi connectivity index (χ2v) is 6.15. The molecule has 2 aromatic carbocycles. The van der Waals surface area contributed by atoms with Crippen LogP contribution >= 0.6 is 23.2 Å². The van der Waals surface area contributed by atoms with Crippen LogP contribution in [0.5, 0.6) is 0 Å². The van der Waals surface area contributed by atoms with Gasteiger partial charge in [0.2, 0.25) is 0 Å². The number of imide groups is 1. The van der Waals surface area contributed by atoms with E-state index in [0.29, 0.717) is 5.02 Å². The Morgan fingerprint density at radius 2 is 1.73 bits per heavy atom. The summed E-state index contributed by atoms with van der Waals surface area (Å²) in [7, 11) is 0. The van der Waals surface area contributed by atoms with Crippen molar-refractivity contribution in [3.05, 3.63) is 69.7 Å². The summed E-state index contributed by atoms with van der Waals surface area (Å²) in [5, 5.41) is 5.14. The highest BCUT2D eigenvalue weighted by Crippen LogP contribution is 2.23. The summed E-state index contributed by atoms with van der Waals surface area (Å²) in [6.45, 7) is 1.62. The fourth-order valence-electron chi connectivity index (χ4n) is 1.94. The van der Waals surface area contributed by atoms with Gasteiger partial charge in [-0.15, -0.1) is 0 Å². The van der Waals surface area contributed by atoms with Crippen LogP contribution in [0.25, 0.3) is 0 Å². The predicted molar refractivity (Wildman–Crippen MR) is 98.2 cm³/mol. The van der Waals surface area contributed by atoms with Gasteiger partial charge in [-0.25, -0.2) is 9.59 Å². The molecular weight excluding hydrogens is 379 g/mol. The average molecular weight is 395 g/mol. The van der Waals surface area contributed by atoms with Crippen molar-refractivity contribution in [1.29, 1.82) is 0 Å². The van der Waals surface area contributed by atoms with Gasteiger partial charge in [-0.3, -0.25) is 10.1 Å². The highest BCUT2D eigenvalue weighted by atomic mass is 35.5. The summed E-state index contributed by atoms with van der Waals surface area (Å²) in [6, 6.07) is 12.7. The maximum absolute atomic E-state index is 12.0. The van der Waals surface area contributed by atoms with E-state index in [9.17, 15) is 14.4 Å². The Kier molecular flexibility index (Phi) is 7.00. The molecule has 0 aliphatic heterocycles. The Morgan fingerprint density at radius 3 is 2.38 bits per heavy atom. The number of esters is 1. The number of rotatable bonds is 5. The molecule has 8 heteroatoms. The number of urea groups is 1. The van der Waals surface area contributed by atoms with Gasteiger partial charge in [0.15, 0.2) is 6.10 Å². The van der Waals surface area contributed by atoms with E-state index in [1.54, 1.807) is 0 Å². The molecule has 1 atom stereocenters. The maximum Gasteiger partial charge on any atom is 0.338 e. The molecule has 0 heterocycles. The van der Waals surface area contributed by atoms with Crippen LogP contribution in [-0.2, 0) is 16.1 Å². The zero-order chi connectivity index (χ0) is 19.1. The number of amides is 3. The van der Waals surface area contributed by atoms with Crippen LogP contribution in [0.15, 0.2) is 48.5 Å². The third-order valence-electron chi connectivity index (χ3n) is 3.34. The quantitative estimate of drug-likeness (QED) is 0.759. The van der Waals surface area contributed by atoms with Crippen molar-refractivity contribution in [2.45, 2.75) is 19.6 Å². The standard InChI is InChI=1S/C18H16Cl2N2O4/c1-11(26-17(24)13-7-8-14(19)15(20)9-13)16(23)22-18(25)21-10-12-5-3-2-4-6-12/h2-9,11H,10H2,1H3,(H2,21,22,23,25). The van der Waals surface area contributed by atoms with E-state index in [2.05, 4.69) is 10.6 Å². The molecule has 0 spiro atoms. The summed E-state index contributed by atoms with van der Waals surface area (Å²) in [5.74, 6) is -1.50. The van der Waals surface area contributed by atoms with Crippen LogP contribution in [0.1, 0.15) is 22.8 Å². The van der Waals surface area contributed by atoms with E-state index in [0.717, 1.165) is 5.56 Å². The largest absolute Gasteiger partial charge is 0.449 e. The van der Waals surface area contributed by atoms with Gasteiger partial charge in [0.05, 0.1) is 15.6 Å². The molecule has 0 aliphatic rings. The van der Waals surface area contributed by atoms with Crippen LogP contribution in [0.4, 0.5) is 4.79 Å². The molecule has 3 amide bonds. The number of carbonyl (C=O) groups excluding carboxylic acids is 3. The van der Waals surface area contributed by atoms with Gasteiger partial charge in [0.25, 0.3) is 5.91 Å². The van der Waals surface area contributed by atoms with Crippen molar-refractivity contribution < 1.29 is 19.1 Å². The van der Waals surface area contributed by atoms with E-state index < -0.39 is 24.0 Å². The lowest BCUT2D eigenvalue weighted by Crippen LogP contribution is -2.44. The van der Waals surface area contributed by atoms with Gasteiger partial charge < -0.3 is 10.1 Å². The fourth-order valence-corrected chi connectivity index (χ4v) is 2.24. The first-order valence-corrected chi connectivity index (χ1v) is 8.41. The number of ether oxygens (including phenoxy) is 1. The van der Waals surface area contributed by atoms with Crippen LogP contribution in [-0.4, -0.2) is 24.0 Å². The number of benzene rings is 2. The molecule has 0 saturated carbocycles. The summed E-state index contributed by atoms with van der Waals surface area (Å²) >= 11 is 11.6. The van der Waals surface area contributed by atoms with E-state index in [1.807, 2.05) is 30.3 Å². The van der Waals surface area contributed by atoms with Crippen molar-refractivity contribution in [2.24, 2.45) is 0 Å². The molecule has 0 aliphatic carbocycles. The lowest BCUT2D eigenvalue weighted by Gasteiger charge is -2.13. The second kappa shape index (κ2) is 9.22. The molecule has 0 radical (unpaired) electrons. The van der Waals surface area contributed by atoms with Gasteiger partial charge in [-0.1, -0.05) is 53.5 Å². The molecule has 0 fully saturated rings. The van der Waals surface area contributed by atoms with E-state index in [1.165, 1.54) is 25.1 Å². The molecule has 136 valence electrons. The van der Waals surface area contributed by atoms with Crippen molar-refractivity contribution in [1.82, 2.24) is 10.6 Å². The van der Waals surface area contributed by atoms with Crippen molar-refractivity contribution >= 4 is 41.1 Å². The Morgan fingerprint density at radius 1 is 1.04 bits per heavy atom. The third-order valence-corrected chi connectivity index (χ3v) is 4.08. The van der Waals surface area contributed by atoms with Crippen LogP contribution in [0.2, 0.25) is 10.0 Å². The SMILES string of the molecule is CC(OC(=O)c1ccc(Cl)c(Cl)c1)C(=O)NC(=O)NCc1ccccc1. The Balaban J connectivity index is 1.83. The molecule has 2 aromatic rings.